The highest BCUT2D eigenvalue weighted by Crippen LogP contribution is 2.54. The van der Waals surface area contributed by atoms with Crippen molar-refractivity contribution in [2.24, 2.45) is 0 Å². The minimum absolute atomic E-state index is 0.0236. The van der Waals surface area contributed by atoms with E-state index < -0.39 is 22.3 Å². The molecule has 0 saturated carbocycles. The maximum absolute atomic E-state index is 12.8. The van der Waals surface area contributed by atoms with Gasteiger partial charge in [-0.3, -0.25) is 4.79 Å². The van der Waals surface area contributed by atoms with Crippen LogP contribution in [0.3, 0.4) is 0 Å². The highest BCUT2D eigenvalue weighted by molar-refractivity contribution is 8.01. The molecule has 0 bridgehead atoms. The third kappa shape index (κ3) is 2.73. The molecule has 4 atom stereocenters. The molecule has 2 fully saturated rings. The number of aliphatic carboxylic acids is 1. The Kier molecular flexibility index (Phi) is 4.36. The van der Waals surface area contributed by atoms with Crippen LogP contribution in [-0.4, -0.2) is 48.6 Å². The Morgan fingerprint density at radius 1 is 1.32 bits per heavy atom. The van der Waals surface area contributed by atoms with Crippen molar-refractivity contribution in [3.05, 3.63) is 35.9 Å². The zero-order chi connectivity index (χ0) is 18.6. The topological polar surface area (TPSA) is 69.6 Å². The lowest BCUT2D eigenvalue weighted by Crippen LogP contribution is -2.78. The van der Waals surface area contributed by atoms with Gasteiger partial charge >= 0.3 is 5.97 Å². The normalized spacial score (nSPS) is 31.0. The van der Waals surface area contributed by atoms with Crippen LogP contribution in [0, 0.1) is 0 Å². The highest BCUT2D eigenvalue weighted by Gasteiger charge is 2.69. The Balaban J connectivity index is 1.79. The van der Waals surface area contributed by atoms with Gasteiger partial charge in [-0.25, -0.2) is 4.79 Å². The van der Waals surface area contributed by atoms with Crippen molar-refractivity contribution in [1.82, 2.24) is 10.2 Å². The van der Waals surface area contributed by atoms with Crippen LogP contribution in [0.2, 0.25) is 0 Å². The van der Waals surface area contributed by atoms with E-state index in [1.54, 1.807) is 0 Å². The minimum atomic E-state index is -0.962. The summed E-state index contributed by atoms with van der Waals surface area (Å²) in [5, 5.41) is 12.5. The number of carbonyl (C=O) groups excluding carboxylic acids is 1. The highest BCUT2D eigenvalue weighted by atomic mass is 32.2. The smallest absolute Gasteiger partial charge is 0.327 e. The van der Waals surface area contributed by atoms with Crippen LogP contribution < -0.4 is 5.32 Å². The quantitative estimate of drug-likeness (QED) is 0.620. The second-order valence-corrected chi connectivity index (χ2v) is 9.53. The summed E-state index contributed by atoms with van der Waals surface area (Å²) >= 11 is 7.07. The number of thioether (sulfide) groups is 1. The number of amides is 1. The molecule has 2 aliphatic heterocycles. The van der Waals surface area contributed by atoms with E-state index in [1.807, 2.05) is 58.0 Å². The average molecular weight is 379 g/mol. The molecule has 1 amide bonds. The molecule has 0 aromatic heterocycles. The Morgan fingerprint density at radius 2 is 1.92 bits per heavy atom. The first-order valence-corrected chi connectivity index (χ1v) is 9.49. The van der Waals surface area contributed by atoms with Crippen molar-refractivity contribution in [3.8, 4) is 0 Å². The van der Waals surface area contributed by atoms with Gasteiger partial charge in [-0.05, 0) is 26.3 Å². The van der Waals surface area contributed by atoms with E-state index in [2.05, 4.69) is 5.32 Å². The number of hydrogen-bond donors (Lipinski definition) is 2. The molecular formula is C18H22N2O3S2. The molecule has 5 nitrogen and oxygen atoms in total. The number of hydrogen-bond acceptors (Lipinski definition) is 4. The summed E-state index contributed by atoms with van der Waals surface area (Å²) in [4.78, 5) is 26.5. The van der Waals surface area contributed by atoms with Gasteiger partial charge in [0.2, 0.25) is 0 Å². The molecule has 7 heteroatoms. The number of thiocarbonyl (C=S) groups is 1. The molecule has 0 aliphatic carbocycles. The lowest BCUT2D eigenvalue weighted by molar-refractivity contribution is -0.165. The predicted molar refractivity (Wildman–Crippen MR) is 103 cm³/mol. The first-order chi connectivity index (χ1) is 11.6. The Morgan fingerprint density at radius 3 is 2.48 bits per heavy atom. The summed E-state index contributed by atoms with van der Waals surface area (Å²) in [6.45, 7) is 7.55. The molecule has 3 rings (SSSR count). The van der Waals surface area contributed by atoms with Crippen molar-refractivity contribution < 1.29 is 14.7 Å². The molecule has 2 N–H and O–H groups in total. The number of fused-ring (bicyclic) bond motifs is 1. The van der Waals surface area contributed by atoms with E-state index >= 15 is 0 Å². The lowest BCUT2D eigenvalue weighted by atomic mass is 9.85. The van der Waals surface area contributed by atoms with Gasteiger partial charge in [0.25, 0.3) is 5.91 Å². The monoisotopic (exact) mass is 378 g/mol. The Labute approximate surface area is 157 Å². The Hall–Kier alpha value is -1.60. The SMILES string of the molecule is CC(C(=S)N[C@@]1(C)C(=O)N2[C@@H](C(=O)O)C(C)(C)S[C@@H]21)c1ccccc1. The number of benzene rings is 1. The van der Waals surface area contributed by atoms with E-state index in [-0.39, 0.29) is 17.2 Å². The predicted octanol–water partition coefficient (Wildman–Crippen LogP) is 2.61. The van der Waals surface area contributed by atoms with Gasteiger partial charge < -0.3 is 15.3 Å². The summed E-state index contributed by atoms with van der Waals surface area (Å²) in [5.41, 5.74) is 0.210. The molecule has 25 heavy (non-hydrogen) atoms. The first kappa shape index (κ1) is 18.2. The van der Waals surface area contributed by atoms with Gasteiger partial charge in [0.1, 0.15) is 17.0 Å². The molecule has 0 radical (unpaired) electrons. The fourth-order valence-electron chi connectivity index (χ4n) is 3.60. The zero-order valence-electron chi connectivity index (χ0n) is 14.6. The van der Waals surface area contributed by atoms with Crippen molar-refractivity contribution >= 4 is 40.8 Å². The van der Waals surface area contributed by atoms with Gasteiger partial charge in [-0.15, -0.1) is 11.8 Å². The van der Waals surface area contributed by atoms with E-state index in [0.29, 0.717) is 4.99 Å². The number of rotatable bonds is 4. The van der Waals surface area contributed by atoms with Gasteiger partial charge in [0.15, 0.2) is 0 Å². The van der Waals surface area contributed by atoms with E-state index in [9.17, 15) is 14.7 Å². The van der Waals surface area contributed by atoms with Gasteiger partial charge in [0, 0.05) is 10.7 Å². The molecule has 2 saturated heterocycles. The van der Waals surface area contributed by atoms with Crippen molar-refractivity contribution in [3.63, 3.8) is 0 Å². The molecule has 134 valence electrons. The van der Waals surface area contributed by atoms with Crippen molar-refractivity contribution in [2.45, 2.75) is 55.3 Å². The third-order valence-corrected chi connectivity index (χ3v) is 7.30. The van der Waals surface area contributed by atoms with Crippen LogP contribution in [0.15, 0.2) is 30.3 Å². The van der Waals surface area contributed by atoms with E-state index in [4.69, 9.17) is 12.2 Å². The van der Waals surface area contributed by atoms with Gasteiger partial charge in [-0.1, -0.05) is 49.5 Å². The Bertz CT molecular complexity index is 737. The fraction of sp³-hybridized carbons (Fsp3) is 0.500. The fourth-order valence-corrected chi connectivity index (χ4v) is 5.59. The summed E-state index contributed by atoms with van der Waals surface area (Å²) in [5.74, 6) is -1.19. The number of carbonyl (C=O) groups is 2. The largest absolute Gasteiger partial charge is 0.480 e. The summed E-state index contributed by atoms with van der Waals surface area (Å²) in [7, 11) is 0. The minimum Gasteiger partial charge on any atom is -0.480 e. The van der Waals surface area contributed by atoms with Crippen LogP contribution >= 0.6 is 24.0 Å². The summed E-state index contributed by atoms with van der Waals surface area (Å²) < 4.78 is -0.543. The van der Waals surface area contributed by atoms with Crippen LogP contribution in [0.5, 0.6) is 0 Å². The summed E-state index contributed by atoms with van der Waals surface area (Å²) in [6.07, 6.45) is 0. The number of nitrogens with one attached hydrogen (secondary N) is 1. The second-order valence-electron chi connectivity index (χ2n) is 7.35. The van der Waals surface area contributed by atoms with E-state index in [1.165, 1.54) is 16.7 Å². The number of β-lactam (4-membered cyclic amide) rings is 1. The molecule has 1 unspecified atom stereocenters. The first-order valence-electron chi connectivity index (χ1n) is 8.20. The summed E-state index contributed by atoms with van der Waals surface area (Å²) in [6, 6.07) is 9.06. The molecule has 2 heterocycles. The van der Waals surface area contributed by atoms with Crippen molar-refractivity contribution in [2.75, 3.05) is 0 Å². The van der Waals surface area contributed by atoms with Crippen LogP contribution in [0.4, 0.5) is 0 Å². The number of nitrogens with zero attached hydrogens (tertiary/aromatic N) is 1. The van der Waals surface area contributed by atoms with Crippen LogP contribution in [0.1, 0.15) is 39.2 Å². The van der Waals surface area contributed by atoms with Gasteiger partial charge in [0.05, 0.1) is 4.99 Å². The number of carboxylic acid groups (broad SMARTS) is 1. The number of carboxylic acids is 1. The van der Waals surface area contributed by atoms with Gasteiger partial charge in [-0.2, -0.15) is 0 Å². The molecule has 1 aromatic carbocycles. The van der Waals surface area contributed by atoms with Crippen LogP contribution in [-0.2, 0) is 9.59 Å². The molecular weight excluding hydrogens is 356 g/mol. The zero-order valence-corrected chi connectivity index (χ0v) is 16.3. The van der Waals surface area contributed by atoms with E-state index in [0.717, 1.165) is 5.56 Å². The lowest BCUT2D eigenvalue weighted by Gasteiger charge is -2.52. The average Bonchev–Trinajstić information content (AvgIpc) is 2.84. The molecule has 0 spiro atoms. The molecule has 1 aromatic rings. The maximum atomic E-state index is 12.8. The van der Waals surface area contributed by atoms with Crippen LogP contribution in [0.25, 0.3) is 0 Å². The van der Waals surface area contributed by atoms with Crippen molar-refractivity contribution in [1.29, 1.82) is 0 Å². The third-order valence-electron chi connectivity index (χ3n) is 5.09. The standard InChI is InChI=1S/C18H22N2O3S2/c1-10(11-8-6-5-7-9-11)13(24)19-18(4)15(23)20-12(14(21)22)17(2,3)25-16(18)20/h5-10,12,16H,1-4H3,(H,19,24)(H,21,22)/t10?,12-,16+,18-/m0/s1. The second kappa shape index (κ2) is 5.99. The maximum Gasteiger partial charge on any atom is 0.327 e. The molecule has 2 aliphatic rings.